The van der Waals surface area contributed by atoms with Gasteiger partial charge in [-0.05, 0) is 46.5 Å². The van der Waals surface area contributed by atoms with Crippen molar-refractivity contribution < 1.29 is 10.2 Å². The lowest BCUT2D eigenvalue weighted by Crippen LogP contribution is -1.90. The molecule has 24 heavy (non-hydrogen) atoms. The highest BCUT2D eigenvalue weighted by Crippen LogP contribution is 2.28. The summed E-state index contributed by atoms with van der Waals surface area (Å²) in [6.07, 6.45) is 0.695. The minimum atomic E-state index is -0.136. The average Bonchev–Trinajstić information content (AvgIpc) is 2.63. The van der Waals surface area contributed by atoms with E-state index >= 15 is 0 Å². The molecule has 0 amide bonds. The first-order chi connectivity index (χ1) is 11.8. The molecule has 0 aliphatic carbocycles. The maximum Gasteiger partial charge on any atom is 0.119 e. The van der Waals surface area contributed by atoms with Gasteiger partial charge in [0.05, 0.1) is 0 Å². The van der Waals surface area contributed by atoms with Gasteiger partial charge in [-0.1, -0.05) is 60.4 Å². The summed E-state index contributed by atoms with van der Waals surface area (Å²) in [5.41, 5.74) is 5.07. The van der Waals surface area contributed by atoms with Gasteiger partial charge in [0.2, 0.25) is 0 Å². The standard InChI is InChI=1S/C22H18O2/c23-14-4-7-17-8-10-19(11-9-17)20-12-13-22(24)21(16-20)15-18-5-2-1-3-6-18/h1-3,5-6,8-13,16,23-24H,14-15H2. The van der Waals surface area contributed by atoms with E-state index in [-0.39, 0.29) is 6.61 Å². The molecule has 0 fully saturated rings. The van der Waals surface area contributed by atoms with Crippen LogP contribution in [0.2, 0.25) is 0 Å². The van der Waals surface area contributed by atoms with Gasteiger partial charge in [-0.2, -0.15) is 0 Å². The van der Waals surface area contributed by atoms with Gasteiger partial charge in [-0.3, -0.25) is 0 Å². The van der Waals surface area contributed by atoms with Gasteiger partial charge in [0.1, 0.15) is 12.4 Å². The van der Waals surface area contributed by atoms with Crippen LogP contribution in [0.4, 0.5) is 0 Å². The highest BCUT2D eigenvalue weighted by molar-refractivity contribution is 5.66. The van der Waals surface area contributed by atoms with E-state index in [1.165, 1.54) is 5.56 Å². The van der Waals surface area contributed by atoms with Crippen LogP contribution in [0.15, 0.2) is 72.8 Å². The molecule has 0 unspecified atom stereocenters. The summed E-state index contributed by atoms with van der Waals surface area (Å²) in [5.74, 6) is 5.84. The van der Waals surface area contributed by atoms with Crippen LogP contribution in [0, 0.1) is 11.8 Å². The maximum absolute atomic E-state index is 10.1. The zero-order chi connectivity index (χ0) is 16.8. The molecule has 0 spiro atoms. The Balaban J connectivity index is 1.88. The van der Waals surface area contributed by atoms with Gasteiger partial charge >= 0.3 is 0 Å². The van der Waals surface area contributed by atoms with Gasteiger partial charge in [-0.15, -0.1) is 0 Å². The first kappa shape index (κ1) is 15.9. The Morgan fingerprint density at radius 1 is 0.792 bits per heavy atom. The summed E-state index contributed by atoms with van der Waals surface area (Å²) in [4.78, 5) is 0. The number of phenolic OH excluding ortho intramolecular Hbond substituents is 1. The van der Waals surface area contributed by atoms with Gasteiger partial charge in [-0.25, -0.2) is 0 Å². The fraction of sp³-hybridized carbons (Fsp3) is 0.0909. The number of rotatable bonds is 3. The second-order valence-corrected chi connectivity index (χ2v) is 5.54. The molecule has 3 aromatic rings. The van der Waals surface area contributed by atoms with Crippen LogP contribution in [0.5, 0.6) is 5.75 Å². The highest BCUT2D eigenvalue weighted by Gasteiger charge is 2.06. The molecule has 0 aliphatic rings. The van der Waals surface area contributed by atoms with Crippen molar-refractivity contribution in [3.05, 3.63) is 89.5 Å². The Kier molecular flexibility index (Phi) is 4.96. The van der Waals surface area contributed by atoms with Crippen molar-refractivity contribution in [3.8, 4) is 28.7 Å². The third kappa shape index (κ3) is 3.84. The number of aliphatic hydroxyl groups excluding tert-OH is 1. The summed E-state index contributed by atoms with van der Waals surface area (Å²) in [7, 11) is 0. The van der Waals surface area contributed by atoms with Gasteiger partial charge in [0.15, 0.2) is 0 Å². The van der Waals surface area contributed by atoms with Crippen molar-refractivity contribution in [1.29, 1.82) is 0 Å². The molecule has 0 bridgehead atoms. The molecular weight excluding hydrogens is 296 g/mol. The number of phenols is 1. The Morgan fingerprint density at radius 3 is 2.21 bits per heavy atom. The number of hydrogen-bond donors (Lipinski definition) is 2. The van der Waals surface area contributed by atoms with Crippen LogP contribution in [-0.2, 0) is 6.42 Å². The SMILES string of the molecule is OCC#Cc1ccc(-c2ccc(O)c(Cc3ccccc3)c2)cc1. The van der Waals surface area contributed by atoms with E-state index in [0.29, 0.717) is 12.2 Å². The average molecular weight is 314 g/mol. The smallest absolute Gasteiger partial charge is 0.119 e. The number of hydrogen-bond acceptors (Lipinski definition) is 2. The normalized spacial score (nSPS) is 10.0. The number of benzene rings is 3. The zero-order valence-corrected chi connectivity index (χ0v) is 13.2. The van der Waals surface area contributed by atoms with E-state index in [1.54, 1.807) is 6.07 Å². The molecular formula is C22H18O2. The minimum Gasteiger partial charge on any atom is -0.508 e. The van der Waals surface area contributed by atoms with E-state index in [9.17, 15) is 5.11 Å². The molecule has 2 nitrogen and oxygen atoms in total. The molecule has 118 valence electrons. The Morgan fingerprint density at radius 2 is 1.50 bits per heavy atom. The molecule has 0 radical (unpaired) electrons. The largest absolute Gasteiger partial charge is 0.508 e. The van der Waals surface area contributed by atoms with E-state index in [0.717, 1.165) is 22.3 Å². The third-order valence-corrected chi connectivity index (χ3v) is 3.85. The van der Waals surface area contributed by atoms with Crippen molar-refractivity contribution in [1.82, 2.24) is 0 Å². The number of aliphatic hydroxyl groups is 1. The molecule has 0 atom stereocenters. The van der Waals surface area contributed by atoms with Gasteiger partial charge in [0.25, 0.3) is 0 Å². The molecule has 0 heterocycles. The van der Waals surface area contributed by atoms with Crippen LogP contribution in [-0.4, -0.2) is 16.8 Å². The van der Waals surface area contributed by atoms with Crippen molar-refractivity contribution in [2.45, 2.75) is 6.42 Å². The van der Waals surface area contributed by atoms with E-state index in [2.05, 4.69) is 24.0 Å². The van der Waals surface area contributed by atoms with Crippen LogP contribution in [0.3, 0.4) is 0 Å². The summed E-state index contributed by atoms with van der Waals surface area (Å²) in [6, 6.07) is 23.7. The quantitative estimate of drug-likeness (QED) is 0.718. The van der Waals surface area contributed by atoms with E-state index in [1.807, 2.05) is 54.6 Å². The lowest BCUT2D eigenvalue weighted by Gasteiger charge is -2.09. The van der Waals surface area contributed by atoms with Crippen molar-refractivity contribution in [3.63, 3.8) is 0 Å². The Labute approximate surface area is 142 Å². The van der Waals surface area contributed by atoms with Crippen LogP contribution < -0.4 is 0 Å². The maximum atomic E-state index is 10.1. The Bertz CT molecular complexity index is 869. The van der Waals surface area contributed by atoms with Crippen LogP contribution in [0.1, 0.15) is 16.7 Å². The van der Waals surface area contributed by atoms with Gasteiger partial charge < -0.3 is 10.2 Å². The van der Waals surface area contributed by atoms with Crippen LogP contribution in [0.25, 0.3) is 11.1 Å². The number of aromatic hydroxyl groups is 1. The van der Waals surface area contributed by atoms with Crippen molar-refractivity contribution >= 4 is 0 Å². The predicted octanol–water partition coefficient (Wildman–Crippen LogP) is 3.99. The molecule has 3 aromatic carbocycles. The van der Waals surface area contributed by atoms with Crippen molar-refractivity contribution in [2.24, 2.45) is 0 Å². The first-order valence-corrected chi connectivity index (χ1v) is 7.82. The van der Waals surface area contributed by atoms with Gasteiger partial charge in [0, 0.05) is 12.0 Å². The molecule has 3 rings (SSSR count). The second kappa shape index (κ2) is 7.50. The summed E-state index contributed by atoms with van der Waals surface area (Å²) in [5, 5.41) is 18.9. The lowest BCUT2D eigenvalue weighted by molar-refractivity contribution is 0.350. The van der Waals surface area contributed by atoms with Crippen molar-refractivity contribution in [2.75, 3.05) is 6.61 Å². The summed E-state index contributed by atoms with van der Waals surface area (Å²) >= 11 is 0. The van der Waals surface area contributed by atoms with E-state index < -0.39 is 0 Å². The molecule has 2 heteroatoms. The minimum absolute atomic E-state index is 0.136. The summed E-state index contributed by atoms with van der Waals surface area (Å²) < 4.78 is 0. The molecule has 0 saturated heterocycles. The third-order valence-electron chi connectivity index (χ3n) is 3.85. The zero-order valence-electron chi connectivity index (χ0n) is 13.2. The fourth-order valence-electron chi connectivity index (χ4n) is 2.61. The monoisotopic (exact) mass is 314 g/mol. The molecule has 0 aliphatic heterocycles. The molecule has 2 N–H and O–H groups in total. The summed E-state index contributed by atoms with van der Waals surface area (Å²) in [6.45, 7) is -0.136. The topological polar surface area (TPSA) is 40.5 Å². The lowest BCUT2D eigenvalue weighted by atomic mass is 9.98. The predicted molar refractivity (Wildman–Crippen MR) is 96.8 cm³/mol. The molecule has 0 saturated carbocycles. The molecule has 0 aromatic heterocycles. The van der Waals surface area contributed by atoms with E-state index in [4.69, 9.17) is 5.11 Å². The second-order valence-electron chi connectivity index (χ2n) is 5.54. The fourth-order valence-corrected chi connectivity index (χ4v) is 2.61. The first-order valence-electron chi connectivity index (χ1n) is 7.82. The Hall–Kier alpha value is -3.02. The highest BCUT2D eigenvalue weighted by atomic mass is 16.3. The van der Waals surface area contributed by atoms with Crippen LogP contribution >= 0.6 is 0 Å².